The summed E-state index contributed by atoms with van der Waals surface area (Å²) in [6.07, 6.45) is 6.29. The molecule has 0 saturated carbocycles. The first-order chi connectivity index (χ1) is 7.38. The van der Waals surface area contributed by atoms with Gasteiger partial charge >= 0.3 is 0 Å². The van der Waals surface area contributed by atoms with E-state index in [0.29, 0.717) is 11.5 Å². The minimum absolute atomic E-state index is 0.430. The van der Waals surface area contributed by atoms with Gasteiger partial charge < -0.3 is 9.88 Å². The van der Waals surface area contributed by atoms with Gasteiger partial charge in [-0.25, -0.2) is 4.98 Å². The van der Waals surface area contributed by atoms with Crippen LogP contribution in [0, 0.1) is 5.41 Å². The van der Waals surface area contributed by atoms with E-state index in [2.05, 4.69) is 42.6 Å². The molecule has 0 radical (unpaired) electrons. The van der Waals surface area contributed by atoms with Crippen LogP contribution in [-0.4, -0.2) is 15.6 Å². The molecule has 0 saturated heterocycles. The standard InChI is InChI=1S/C13H25N3/c1-11(6-7-13(2,3)4)15-10-12-14-8-9-16(12)5/h8-9,11,15H,6-7,10H2,1-5H3. The Hall–Kier alpha value is -0.830. The Labute approximate surface area is 99.3 Å². The molecule has 1 rings (SSSR count). The van der Waals surface area contributed by atoms with Gasteiger partial charge in [0.15, 0.2) is 0 Å². The van der Waals surface area contributed by atoms with Crippen LogP contribution in [0.5, 0.6) is 0 Å². The van der Waals surface area contributed by atoms with Gasteiger partial charge in [-0.15, -0.1) is 0 Å². The molecule has 92 valence electrons. The Morgan fingerprint density at radius 1 is 1.44 bits per heavy atom. The number of hydrogen-bond donors (Lipinski definition) is 1. The number of nitrogens with one attached hydrogen (secondary N) is 1. The fourth-order valence-electron chi connectivity index (χ4n) is 1.58. The molecule has 0 aliphatic heterocycles. The molecule has 1 heterocycles. The van der Waals surface area contributed by atoms with Crippen LogP contribution >= 0.6 is 0 Å². The smallest absolute Gasteiger partial charge is 0.122 e. The van der Waals surface area contributed by atoms with Crippen LogP contribution < -0.4 is 5.32 Å². The minimum Gasteiger partial charge on any atom is -0.337 e. The number of rotatable bonds is 5. The summed E-state index contributed by atoms with van der Waals surface area (Å²) in [6, 6.07) is 0.552. The molecule has 0 spiro atoms. The highest BCUT2D eigenvalue weighted by atomic mass is 15.1. The summed E-state index contributed by atoms with van der Waals surface area (Å²) in [5.41, 5.74) is 0.430. The molecular formula is C13H25N3. The molecule has 0 fully saturated rings. The normalized spacial score (nSPS) is 14.1. The summed E-state index contributed by atoms with van der Waals surface area (Å²) in [6.45, 7) is 9.97. The number of hydrogen-bond acceptors (Lipinski definition) is 2. The van der Waals surface area contributed by atoms with Crippen molar-refractivity contribution in [3.05, 3.63) is 18.2 Å². The average molecular weight is 223 g/mol. The van der Waals surface area contributed by atoms with Crippen LogP contribution in [0.25, 0.3) is 0 Å². The molecule has 0 aromatic carbocycles. The first kappa shape index (κ1) is 13.2. The van der Waals surface area contributed by atoms with Gasteiger partial charge in [0.1, 0.15) is 5.82 Å². The molecule has 1 N–H and O–H groups in total. The van der Waals surface area contributed by atoms with Gasteiger partial charge in [0.25, 0.3) is 0 Å². The first-order valence-electron chi connectivity index (χ1n) is 6.08. The second-order valence-corrected chi connectivity index (χ2v) is 5.84. The van der Waals surface area contributed by atoms with Gasteiger partial charge in [0.05, 0.1) is 6.54 Å². The van der Waals surface area contributed by atoms with Gasteiger partial charge in [0, 0.05) is 25.5 Å². The van der Waals surface area contributed by atoms with Crippen molar-refractivity contribution >= 4 is 0 Å². The summed E-state index contributed by atoms with van der Waals surface area (Å²) >= 11 is 0. The predicted octanol–water partition coefficient (Wildman–Crippen LogP) is 2.72. The first-order valence-corrected chi connectivity index (χ1v) is 6.08. The lowest BCUT2D eigenvalue weighted by Crippen LogP contribution is -2.27. The maximum atomic E-state index is 4.30. The van der Waals surface area contributed by atoms with Crippen molar-refractivity contribution in [1.82, 2.24) is 14.9 Å². The topological polar surface area (TPSA) is 29.9 Å². The van der Waals surface area contributed by atoms with Crippen molar-refractivity contribution in [2.75, 3.05) is 0 Å². The highest BCUT2D eigenvalue weighted by Crippen LogP contribution is 2.21. The Kier molecular flexibility index (Phi) is 4.54. The monoisotopic (exact) mass is 223 g/mol. The van der Waals surface area contributed by atoms with Crippen molar-refractivity contribution in [3.8, 4) is 0 Å². The third-order valence-corrected chi connectivity index (χ3v) is 2.86. The van der Waals surface area contributed by atoms with E-state index in [1.165, 1.54) is 12.8 Å². The van der Waals surface area contributed by atoms with E-state index in [1.54, 1.807) is 0 Å². The molecule has 3 heteroatoms. The van der Waals surface area contributed by atoms with Gasteiger partial charge in [0.2, 0.25) is 0 Å². The van der Waals surface area contributed by atoms with E-state index in [-0.39, 0.29) is 0 Å². The van der Waals surface area contributed by atoms with Crippen molar-refractivity contribution < 1.29 is 0 Å². The molecule has 1 aromatic rings. The highest BCUT2D eigenvalue weighted by Gasteiger charge is 2.12. The number of imidazole rings is 1. The number of aryl methyl sites for hydroxylation is 1. The van der Waals surface area contributed by atoms with Crippen LogP contribution in [0.3, 0.4) is 0 Å². The van der Waals surface area contributed by atoms with E-state index in [9.17, 15) is 0 Å². The third kappa shape index (κ3) is 4.79. The maximum absolute atomic E-state index is 4.30. The van der Waals surface area contributed by atoms with E-state index < -0.39 is 0 Å². The lowest BCUT2D eigenvalue weighted by atomic mass is 9.89. The lowest BCUT2D eigenvalue weighted by Gasteiger charge is -2.21. The fraction of sp³-hybridized carbons (Fsp3) is 0.769. The lowest BCUT2D eigenvalue weighted by molar-refractivity contribution is 0.335. The van der Waals surface area contributed by atoms with Crippen molar-refractivity contribution in [2.24, 2.45) is 12.5 Å². The largest absolute Gasteiger partial charge is 0.337 e. The molecule has 16 heavy (non-hydrogen) atoms. The van der Waals surface area contributed by atoms with Crippen molar-refractivity contribution in [1.29, 1.82) is 0 Å². The van der Waals surface area contributed by atoms with Crippen LogP contribution in [0.15, 0.2) is 12.4 Å². The van der Waals surface area contributed by atoms with E-state index in [1.807, 2.05) is 19.4 Å². The van der Waals surface area contributed by atoms with Crippen molar-refractivity contribution in [2.45, 2.75) is 53.1 Å². The summed E-state index contributed by atoms with van der Waals surface area (Å²) in [5, 5.41) is 3.52. The summed E-state index contributed by atoms with van der Waals surface area (Å²) in [5.74, 6) is 1.10. The molecule has 0 aliphatic carbocycles. The zero-order valence-electron chi connectivity index (χ0n) is 11.2. The zero-order chi connectivity index (χ0) is 12.2. The molecule has 0 bridgehead atoms. The molecule has 1 atom stereocenters. The van der Waals surface area contributed by atoms with Gasteiger partial charge in [-0.2, -0.15) is 0 Å². The third-order valence-electron chi connectivity index (χ3n) is 2.86. The molecule has 1 unspecified atom stereocenters. The Morgan fingerprint density at radius 3 is 2.62 bits per heavy atom. The predicted molar refractivity (Wildman–Crippen MR) is 68.2 cm³/mol. The molecule has 3 nitrogen and oxygen atoms in total. The maximum Gasteiger partial charge on any atom is 0.122 e. The van der Waals surface area contributed by atoms with Gasteiger partial charge in [-0.3, -0.25) is 0 Å². The van der Waals surface area contributed by atoms with E-state index in [0.717, 1.165) is 12.4 Å². The van der Waals surface area contributed by atoms with Crippen LogP contribution in [-0.2, 0) is 13.6 Å². The van der Waals surface area contributed by atoms with Crippen LogP contribution in [0.4, 0.5) is 0 Å². The number of nitrogens with zero attached hydrogens (tertiary/aromatic N) is 2. The molecule has 0 aliphatic rings. The Balaban J connectivity index is 2.25. The quantitative estimate of drug-likeness (QED) is 0.832. The SMILES string of the molecule is CC(CCC(C)(C)C)NCc1nccn1C. The Bertz CT molecular complexity index is 309. The fourth-order valence-corrected chi connectivity index (χ4v) is 1.58. The number of aromatic nitrogens is 2. The summed E-state index contributed by atoms with van der Waals surface area (Å²) in [4.78, 5) is 4.30. The minimum atomic E-state index is 0.430. The molecule has 0 amide bonds. The summed E-state index contributed by atoms with van der Waals surface area (Å²) in [7, 11) is 2.03. The highest BCUT2D eigenvalue weighted by molar-refractivity contribution is 4.90. The van der Waals surface area contributed by atoms with E-state index in [4.69, 9.17) is 0 Å². The van der Waals surface area contributed by atoms with Crippen LogP contribution in [0.2, 0.25) is 0 Å². The van der Waals surface area contributed by atoms with Crippen LogP contribution in [0.1, 0.15) is 46.4 Å². The molecular weight excluding hydrogens is 198 g/mol. The zero-order valence-corrected chi connectivity index (χ0v) is 11.2. The molecule has 1 aromatic heterocycles. The van der Waals surface area contributed by atoms with Gasteiger partial charge in [-0.1, -0.05) is 20.8 Å². The van der Waals surface area contributed by atoms with E-state index >= 15 is 0 Å². The second kappa shape index (κ2) is 5.48. The average Bonchev–Trinajstić information content (AvgIpc) is 2.57. The summed E-state index contributed by atoms with van der Waals surface area (Å²) < 4.78 is 2.06. The van der Waals surface area contributed by atoms with Gasteiger partial charge in [-0.05, 0) is 25.2 Å². The Morgan fingerprint density at radius 2 is 2.12 bits per heavy atom. The second-order valence-electron chi connectivity index (χ2n) is 5.84. The van der Waals surface area contributed by atoms with Crippen molar-refractivity contribution in [3.63, 3.8) is 0 Å².